The van der Waals surface area contributed by atoms with Crippen molar-refractivity contribution in [3.05, 3.63) is 97.2 Å². The monoisotopic (exact) mass is 983 g/mol. The number of nitrogens with one attached hydrogen (secondary N) is 1. The molecule has 1 amide bonds. The first-order valence-corrected chi connectivity index (χ1v) is 29.0. The van der Waals surface area contributed by atoms with Crippen LogP contribution in [0.5, 0.6) is 0 Å². The van der Waals surface area contributed by atoms with Crippen LogP contribution < -0.4 is 10.2 Å². The smallest absolute Gasteiger partial charge is 0.306 e. The molecule has 0 aromatic rings. The molecule has 0 fully saturated rings. The number of quaternary nitrogens is 1. The molecule has 0 aliphatic carbocycles. The van der Waals surface area contributed by atoms with Crippen molar-refractivity contribution in [2.24, 2.45) is 0 Å². The van der Waals surface area contributed by atoms with Crippen molar-refractivity contribution >= 4 is 19.7 Å². The summed E-state index contributed by atoms with van der Waals surface area (Å²) in [6.45, 7) is 6.62. The molecule has 0 radical (unpaired) electrons. The molecule has 3 unspecified atom stereocenters. The summed E-state index contributed by atoms with van der Waals surface area (Å²) in [5, 5.41) is 2.96. The number of nitrogens with zero attached hydrogens (tertiary/aromatic N) is 1. The van der Waals surface area contributed by atoms with E-state index in [9.17, 15) is 19.0 Å². The number of unbranched alkanes of at least 4 members (excludes halogenated alkanes) is 18. The number of carbonyl (C=O) groups excluding carboxylic acids is 2. The van der Waals surface area contributed by atoms with Crippen LogP contribution >= 0.6 is 7.82 Å². The molecule has 69 heavy (non-hydrogen) atoms. The number of phosphoric ester groups is 1. The van der Waals surface area contributed by atoms with Gasteiger partial charge in [0.1, 0.15) is 19.3 Å². The van der Waals surface area contributed by atoms with Gasteiger partial charge >= 0.3 is 5.97 Å². The van der Waals surface area contributed by atoms with Crippen molar-refractivity contribution in [1.29, 1.82) is 0 Å². The molecule has 1 N–H and O–H groups in total. The molecule has 0 saturated carbocycles. The molecule has 3 atom stereocenters. The molecule has 0 spiro atoms. The van der Waals surface area contributed by atoms with Gasteiger partial charge in [-0.15, -0.1) is 0 Å². The normalized spacial score (nSPS) is 14.6. The molecule has 0 rings (SSSR count). The molecule has 9 nitrogen and oxygen atoms in total. The first-order valence-electron chi connectivity index (χ1n) is 27.5. The molecule has 0 bridgehead atoms. The lowest BCUT2D eigenvalue weighted by molar-refractivity contribution is -0.870. The number of esters is 1. The van der Waals surface area contributed by atoms with Crippen molar-refractivity contribution in [3.8, 4) is 0 Å². The van der Waals surface area contributed by atoms with Gasteiger partial charge in [0.05, 0.1) is 33.8 Å². The van der Waals surface area contributed by atoms with E-state index in [0.717, 1.165) is 83.5 Å². The summed E-state index contributed by atoms with van der Waals surface area (Å²) in [6.07, 6.45) is 63.9. The van der Waals surface area contributed by atoms with Crippen LogP contribution in [0.3, 0.4) is 0 Å². The highest BCUT2D eigenvalue weighted by atomic mass is 31.2. The van der Waals surface area contributed by atoms with E-state index in [0.29, 0.717) is 23.9 Å². The van der Waals surface area contributed by atoms with Gasteiger partial charge in [-0.1, -0.05) is 202 Å². The number of allylic oxidation sites excluding steroid dienone is 15. The number of phosphoric acid groups is 1. The van der Waals surface area contributed by atoms with E-state index in [-0.39, 0.29) is 31.3 Å². The number of carbonyl (C=O) groups is 2. The zero-order valence-corrected chi connectivity index (χ0v) is 45.9. The predicted molar refractivity (Wildman–Crippen MR) is 293 cm³/mol. The SMILES string of the molecule is CC/C=C\C/C=C\C/C=C\C/C=C\C/C=C\C/C=C\CCC(=O)NC(COP(=O)([O-])OCC[N+](C)(C)C)C(/C=C\CCCCCCCCCCC)OC(=O)CCCCC/C=C\CCCCCCCC. The van der Waals surface area contributed by atoms with E-state index < -0.39 is 26.6 Å². The van der Waals surface area contributed by atoms with Gasteiger partial charge in [0.25, 0.3) is 7.82 Å². The van der Waals surface area contributed by atoms with Crippen LogP contribution in [0.2, 0.25) is 0 Å². The molecule has 10 heteroatoms. The van der Waals surface area contributed by atoms with Crippen LogP contribution in [0.1, 0.15) is 213 Å². The average Bonchev–Trinajstić information content (AvgIpc) is 3.31. The Morgan fingerprint density at radius 3 is 1.42 bits per heavy atom. The van der Waals surface area contributed by atoms with Crippen LogP contribution in [0, 0.1) is 0 Å². The van der Waals surface area contributed by atoms with E-state index in [1.165, 1.54) is 83.5 Å². The Hall–Kier alpha value is -3.07. The van der Waals surface area contributed by atoms with Crippen molar-refractivity contribution in [2.45, 2.75) is 226 Å². The van der Waals surface area contributed by atoms with Crippen LogP contribution in [0.25, 0.3) is 0 Å². The standard InChI is InChI=1S/C59H103N2O7P/c1-7-10-13-16-19-22-25-27-28-29-30-31-32-34-36-39-42-45-48-51-58(62)60-56(55-67-69(64,65)66-54-53-61(4,5)6)57(50-47-44-41-38-35-24-21-18-15-12-9-3)68-59(63)52-49-46-43-40-37-33-26-23-20-17-14-11-8-2/h10,13,19,22,27-28,30-31,33-34,36-37,42,45,47,50,56-57H,7-9,11-12,14-18,20-21,23-26,29,32,35,38-41,43-44,46,48-49,51-55H2,1-6H3,(H-,60,62,64,65)/b13-10-,22-19-,28-27-,31-30-,36-34-,37-33-,45-42-,50-47-. The number of amides is 1. The minimum absolute atomic E-state index is 0.0424. The Morgan fingerprint density at radius 1 is 0.522 bits per heavy atom. The summed E-state index contributed by atoms with van der Waals surface area (Å²) in [5.74, 6) is -0.666. The molecule has 0 aliphatic heterocycles. The number of hydrogen-bond donors (Lipinski definition) is 1. The third kappa shape index (κ3) is 49.7. The predicted octanol–water partition coefficient (Wildman–Crippen LogP) is 15.8. The van der Waals surface area contributed by atoms with E-state index >= 15 is 0 Å². The van der Waals surface area contributed by atoms with Gasteiger partial charge in [-0.05, 0) is 96.0 Å². The quantitative estimate of drug-likeness (QED) is 0.0212. The summed E-state index contributed by atoms with van der Waals surface area (Å²) in [6, 6.07) is -0.938. The number of likely N-dealkylation sites (N-methyl/N-ethyl adjacent to an activating group) is 1. The van der Waals surface area contributed by atoms with Crippen LogP contribution in [-0.4, -0.2) is 69.4 Å². The van der Waals surface area contributed by atoms with Crippen molar-refractivity contribution in [2.75, 3.05) is 40.9 Å². The Morgan fingerprint density at radius 2 is 0.942 bits per heavy atom. The lowest BCUT2D eigenvalue weighted by Gasteiger charge is -2.30. The highest BCUT2D eigenvalue weighted by Crippen LogP contribution is 2.38. The number of rotatable bonds is 48. The molecular formula is C59H103N2O7P. The fraction of sp³-hybridized carbons (Fsp3) is 0.695. The molecule has 0 aromatic carbocycles. The van der Waals surface area contributed by atoms with Crippen molar-refractivity contribution in [3.63, 3.8) is 0 Å². The lowest BCUT2D eigenvalue weighted by atomic mass is 10.1. The Labute approximate surface area is 424 Å². The molecule has 0 aromatic heterocycles. The van der Waals surface area contributed by atoms with E-state index in [2.05, 4.69) is 99.0 Å². The van der Waals surface area contributed by atoms with Gasteiger partial charge < -0.3 is 28.5 Å². The van der Waals surface area contributed by atoms with Gasteiger partial charge in [0.2, 0.25) is 5.91 Å². The fourth-order valence-electron chi connectivity index (χ4n) is 7.24. The summed E-state index contributed by atoms with van der Waals surface area (Å²) >= 11 is 0. The maximum absolute atomic E-state index is 13.4. The Bertz CT molecular complexity index is 1510. The molecule has 0 heterocycles. The zero-order chi connectivity index (χ0) is 50.8. The lowest BCUT2D eigenvalue weighted by Crippen LogP contribution is -2.47. The minimum Gasteiger partial charge on any atom is -0.756 e. The summed E-state index contributed by atoms with van der Waals surface area (Å²) in [4.78, 5) is 39.7. The first-order chi connectivity index (χ1) is 33.4. The van der Waals surface area contributed by atoms with E-state index in [1.807, 2.05) is 39.4 Å². The van der Waals surface area contributed by atoms with Gasteiger partial charge in [-0.3, -0.25) is 14.2 Å². The first kappa shape index (κ1) is 65.9. The second-order valence-electron chi connectivity index (χ2n) is 19.3. The number of ether oxygens (including phenoxy) is 1. The Kier molecular flexibility index (Phi) is 46.4. The third-order valence-electron chi connectivity index (χ3n) is 11.5. The van der Waals surface area contributed by atoms with Crippen molar-refractivity contribution < 1.29 is 37.3 Å². The van der Waals surface area contributed by atoms with Crippen LogP contribution in [0.4, 0.5) is 0 Å². The van der Waals surface area contributed by atoms with Crippen LogP contribution in [0.15, 0.2) is 97.2 Å². The van der Waals surface area contributed by atoms with Gasteiger partial charge in [0, 0.05) is 12.8 Å². The van der Waals surface area contributed by atoms with Gasteiger partial charge in [0.15, 0.2) is 0 Å². The third-order valence-corrected chi connectivity index (χ3v) is 12.5. The summed E-state index contributed by atoms with van der Waals surface area (Å²) in [5.41, 5.74) is 0. The maximum Gasteiger partial charge on any atom is 0.306 e. The molecule has 0 saturated heterocycles. The van der Waals surface area contributed by atoms with Gasteiger partial charge in [-0.25, -0.2) is 0 Å². The fourth-order valence-corrected chi connectivity index (χ4v) is 7.97. The highest BCUT2D eigenvalue weighted by molar-refractivity contribution is 7.45. The molecular weight excluding hydrogens is 880 g/mol. The minimum atomic E-state index is -4.72. The Balaban J connectivity index is 5.50. The van der Waals surface area contributed by atoms with Crippen molar-refractivity contribution in [1.82, 2.24) is 5.32 Å². The van der Waals surface area contributed by atoms with E-state index in [1.54, 1.807) is 6.08 Å². The summed E-state index contributed by atoms with van der Waals surface area (Å²) in [7, 11) is 1.12. The maximum atomic E-state index is 13.4. The highest BCUT2D eigenvalue weighted by Gasteiger charge is 2.27. The average molecular weight is 983 g/mol. The molecule has 0 aliphatic rings. The van der Waals surface area contributed by atoms with E-state index in [4.69, 9.17) is 13.8 Å². The number of hydrogen-bond acceptors (Lipinski definition) is 7. The zero-order valence-electron chi connectivity index (χ0n) is 45.0. The molecule has 396 valence electrons. The van der Waals surface area contributed by atoms with Gasteiger partial charge in [-0.2, -0.15) is 0 Å². The summed E-state index contributed by atoms with van der Waals surface area (Å²) < 4.78 is 30.1. The largest absolute Gasteiger partial charge is 0.756 e. The van der Waals surface area contributed by atoms with Crippen LogP contribution in [-0.2, 0) is 27.9 Å². The second-order valence-corrected chi connectivity index (χ2v) is 20.8. The second kappa shape index (κ2) is 48.6. The topological polar surface area (TPSA) is 114 Å².